The Balaban J connectivity index is 1.51. The number of carbonyl (C=O) groups excluding carboxylic acids is 2. The molecule has 0 saturated heterocycles. The lowest BCUT2D eigenvalue weighted by Gasteiger charge is -2.06. The number of aryl methyl sites for hydroxylation is 2. The third kappa shape index (κ3) is 5.19. The number of hydrogen-bond donors (Lipinski definition) is 3. The molecule has 1 aromatic carbocycles. The fourth-order valence-electron chi connectivity index (χ4n) is 2.45. The number of hydrogen-bond acceptors (Lipinski definition) is 6. The van der Waals surface area contributed by atoms with E-state index in [9.17, 15) is 9.59 Å². The molecule has 0 spiro atoms. The zero-order chi connectivity index (χ0) is 19.9. The Morgan fingerprint density at radius 1 is 1.21 bits per heavy atom. The minimum Gasteiger partial charge on any atom is -0.325 e. The zero-order valence-electron chi connectivity index (χ0n) is 15.6. The minimum absolute atomic E-state index is 0.162. The molecule has 0 bridgehead atoms. The van der Waals surface area contributed by atoms with Crippen LogP contribution in [0.2, 0.25) is 0 Å². The van der Waals surface area contributed by atoms with Gasteiger partial charge in [-0.2, -0.15) is 5.10 Å². The molecule has 9 nitrogen and oxygen atoms in total. The Morgan fingerprint density at radius 2 is 2.00 bits per heavy atom. The highest BCUT2D eigenvalue weighted by Crippen LogP contribution is 2.16. The average molecular weight is 399 g/mol. The van der Waals surface area contributed by atoms with Gasteiger partial charge in [0.15, 0.2) is 11.0 Å². The molecule has 0 aliphatic heterocycles. The maximum Gasteiger partial charge on any atom is 0.256 e. The summed E-state index contributed by atoms with van der Waals surface area (Å²) in [5.41, 5.74) is 2.08. The van der Waals surface area contributed by atoms with Crippen LogP contribution >= 0.6 is 11.8 Å². The van der Waals surface area contributed by atoms with Crippen LogP contribution in [0.4, 0.5) is 11.5 Å². The summed E-state index contributed by atoms with van der Waals surface area (Å²) in [4.78, 5) is 24.4. The molecule has 0 unspecified atom stereocenters. The van der Waals surface area contributed by atoms with Crippen LogP contribution in [0, 0.1) is 0 Å². The number of benzene rings is 1. The zero-order valence-corrected chi connectivity index (χ0v) is 16.4. The largest absolute Gasteiger partial charge is 0.325 e. The smallest absolute Gasteiger partial charge is 0.256 e. The molecule has 28 heavy (non-hydrogen) atoms. The summed E-state index contributed by atoms with van der Waals surface area (Å²) in [6.45, 7) is 2.08. The van der Waals surface area contributed by atoms with Crippen molar-refractivity contribution >= 4 is 35.1 Å². The molecule has 0 aliphatic carbocycles. The van der Waals surface area contributed by atoms with Gasteiger partial charge in [-0.1, -0.05) is 25.1 Å². The summed E-state index contributed by atoms with van der Waals surface area (Å²) in [6.07, 6.45) is 3.46. The maximum atomic E-state index is 12.3. The number of thioether (sulfide) groups is 1. The molecule has 3 N–H and O–H groups in total. The second kappa shape index (κ2) is 9.18. The number of aromatic nitrogens is 5. The molecule has 0 atom stereocenters. The van der Waals surface area contributed by atoms with Gasteiger partial charge in [-0.3, -0.25) is 14.7 Å². The lowest BCUT2D eigenvalue weighted by Crippen LogP contribution is -2.15. The van der Waals surface area contributed by atoms with Crippen molar-refractivity contribution in [3.63, 3.8) is 0 Å². The van der Waals surface area contributed by atoms with Gasteiger partial charge in [0.1, 0.15) is 6.33 Å². The van der Waals surface area contributed by atoms with Gasteiger partial charge >= 0.3 is 0 Å². The first-order valence-electron chi connectivity index (χ1n) is 8.77. The van der Waals surface area contributed by atoms with Crippen LogP contribution in [-0.2, 0) is 18.3 Å². The summed E-state index contributed by atoms with van der Waals surface area (Å²) >= 11 is 1.30. The number of anilines is 2. The molecule has 2 amide bonds. The maximum absolute atomic E-state index is 12.3. The van der Waals surface area contributed by atoms with Crippen LogP contribution in [0.15, 0.2) is 41.8 Å². The lowest BCUT2D eigenvalue weighted by molar-refractivity contribution is -0.113. The van der Waals surface area contributed by atoms with E-state index in [1.807, 2.05) is 13.1 Å². The highest BCUT2D eigenvalue weighted by molar-refractivity contribution is 7.99. The molecule has 3 aromatic rings. The Kier molecular flexibility index (Phi) is 6.43. The fourth-order valence-corrected chi connectivity index (χ4v) is 3.13. The van der Waals surface area contributed by atoms with E-state index in [0.717, 1.165) is 18.5 Å². The van der Waals surface area contributed by atoms with Gasteiger partial charge in [0, 0.05) is 30.1 Å². The summed E-state index contributed by atoms with van der Waals surface area (Å²) in [6, 6.07) is 8.51. The quantitative estimate of drug-likeness (QED) is 0.501. The van der Waals surface area contributed by atoms with Crippen molar-refractivity contribution in [3.8, 4) is 0 Å². The van der Waals surface area contributed by atoms with Crippen molar-refractivity contribution < 1.29 is 9.59 Å². The Labute approximate surface area is 166 Å². The number of aromatic amines is 1. The van der Waals surface area contributed by atoms with Crippen molar-refractivity contribution in [1.82, 2.24) is 25.0 Å². The number of nitrogens with zero attached hydrogens (tertiary/aromatic N) is 4. The number of nitrogens with one attached hydrogen (secondary N) is 3. The van der Waals surface area contributed by atoms with E-state index in [1.165, 1.54) is 11.8 Å². The highest BCUT2D eigenvalue weighted by Gasteiger charge is 2.10. The van der Waals surface area contributed by atoms with Crippen LogP contribution in [0.25, 0.3) is 0 Å². The van der Waals surface area contributed by atoms with Crippen molar-refractivity contribution in [2.45, 2.75) is 24.9 Å². The van der Waals surface area contributed by atoms with E-state index < -0.39 is 0 Å². The SMILES string of the molecule is CCCc1cc(NC(=O)c2ccc(NC(=O)CSc3nncn3C)cc2)n[nH]1. The normalized spacial score (nSPS) is 10.6. The number of H-pyrrole nitrogens is 1. The first-order valence-corrected chi connectivity index (χ1v) is 9.76. The molecule has 0 aliphatic rings. The third-order valence-corrected chi connectivity index (χ3v) is 4.86. The Hall–Kier alpha value is -3.14. The van der Waals surface area contributed by atoms with Crippen LogP contribution in [0.1, 0.15) is 29.4 Å². The lowest BCUT2D eigenvalue weighted by atomic mass is 10.2. The van der Waals surface area contributed by atoms with E-state index in [0.29, 0.717) is 22.2 Å². The van der Waals surface area contributed by atoms with E-state index in [4.69, 9.17) is 0 Å². The van der Waals surface area contributed by atoms with Crippen LogP contribution in [0.3, 0.4) is 0 Å². The second-order valence-electron chi connectivity index (χ2n) is 6.12. The standard InChI is InChI=1S/C18H21N7O2S/c1-3-4-14-9-15(23-22-14)21-17(27)12-5-7-13(8-6-12)20-16(26)10-28-18-24-19-11-25(18)2/h5-9,11H,3-4,10H2,1-2H3,(H,20,26)(H2,21,22,23,27). The van der Waals surface area contributed by atoms with E-state index >= 15 is 0 Å². The van der Waals surface area contributed by atoms with Crippen molar-refractivity contribution in [3.05, 3.63) is 47.9 Å². The molecular formula is C18H21N7O2S. The summed E-state index contributed by atoms with van der Waals surface area (Å²) in [5, 5.41) is 20.9. The van der Waals surface area contributed by atoms with E-state index in [2.05, 4.69) is 38.0 Å². The fraction of sp³-hybridized carbons (Fsp3) is 0.278. The molecule has 0 fully saturated rings. The van der Waals surface area contributed by atoms with Gasteiger partial charge in [-0.25, -0.2) is 0 Å². The second-order valence-corrected chi connectivity index (χ2v) is 7.06. The first-order chi connectivity index (χ1) is 13.5. The van der Waals surface area contributed by atoms with Gasteiger partial charge in [-0.15, -0.1) is 10.2 Å². The predicted molar refractivity (Wildman–Crippen MR) is 107 cm³/mol. The third-order valence-electron chi connectivity index (χ3n) is 3.82. The topological polar surface area (TPSA) is 118 Å². The van der Waals surface area contributed by atoms with Gasteiger partial charge in [0.2, 0.25) is 5.91 Å². The summed E-state index contributed by atoms with van der Waals surface area (Å²) in [5.74, 6) is 0.288. The van der Waals surface area contributed by atoms with Gasteiger partial charge in [-0.05, 0) is 30.7 Å². The minimum atomic E-state index is -0.259. The van der Waals surface area contributed by atoms with Crippen molar-refractivity contribution in [1.29, 1.82) is 0 Å². The monoisotopic (exact) mass is 399 g/mol. The van der Waals surface area contributed by atoms with Crippen molar-refractivity contribution in [2.75, 3.05) is 16.4 Å². The summed E-state index contributed by atoms with van der Waals surface area (Å²) < 4.78 is 1.75. The number of carbonyl (C=O) groups is 2. The summed E-state index contributed by atoms with van der Waals surface area (Å²) in [7, 11) is 1.82. The van der Waals surface area contributed by atoms with Crippen molar-refractivity contribution in [2.24, 2.45) is 7.05 Å². The van der Waals surface area contributed by atoms with Crippen LogP contribution in [-0.4, -0.2) is 42.5 Å². The molecular weight excluding hydrogens is 378 g/mol. The van der Waals surface area contributed by atoms with E-state index in [1.54, 1.807) is 35.2 Å². The van der Waals surface area contributed by atoms with Gasteiger partial charge in [0.05, 0.1) is 5.75 Å². The first kappa shape index (κ1) is 19.6. The molecule has 3 rings (SSSR count). The number of amides is 2. The predicted octanol–water partition coefficient (Wildman–Crippen LogP) is 2.47. The highest BCUT2D eigenvalue weighted by atomic mass is 32.2. The molecule has 2 aromatic heterocycles. The Bertz CT molecular complexity index is 949. The van der Waals surface area contributed by atoms with Crippen LogP contribution < -0.4 is 10.6 Å². The Morgan fingerprint density at radius 3 is 2.68 bits per heavy atom. The van der Waals surface area contributed by atoms with E-state index in [-0.39, 0.29) is 17.6 Å². The molecule has 0 saturated carbocycles. The van der Waals surface area contributed by atoms with Gasteiger partial charge in [0.25, 0.3) is 5.91 Å². The molecule has 0 radical (unpaired) electrons. The number of rotatable bonds is 8. The molecule has 2 heterocycles. The van der Waals surface area contributed by atoms with Crippen LogP contribution in [0.5, 0.6) is 0 Å². The average Bonchev–Trinajstić information content (AvgIpc) is 3.29. The molecule has 146 valence electrons. The molecule has 10 heteroatoms. The van der Waals surface area contributed by atoms with Gasteiger partial charge < -0.3 is 15.2 Å².